The van der Waals surface area contributed by atoms with Crippen LogP contribution in [-0.4, -0.2) is 43.6 Å². The van der Waals surface area contributed by atoms with E-state index in [9.17, 15) is 4.79 Å². The van der Waals surface area contributed by atoms with Gasteiger partial charge in [0.15, 0.2) is 0 Å². The quantitative estimate of drug-likeness (QED) is 0.773. The van der Waals surface area contributed by atoms with Gasteiger partial charge in [0.1, 0.15) is 12.4 Å². The van der Waals surface area contributed by atoms with Crippen molar-refractivity contribution in [1.29, 1.82) is 0 Å². The maximum atomic E-state index is 13.1. The van der Waals surface area contributed by atoms with Crippen LogP contribution in [0.15, 0.2) is 30.5 Å². The number of hydrogen-bond acceptors (Lipinski definition) is 3. The summed E-state index contributed by atoms with van der Waals surface area (Å²) in [5.74, 6) is 1.08. The molecule has 0 saturated carbocycles. The van der Waals surface area contributed by atoms with Gasteiger partial charge >= 0.3 is 0 Å². The van der Waals surface area contributed by atoms with E-state index in [1.807, 2.05) is 46.9 Å². The van der Waals surface area contributed by atoms with Gasteiger partial charge in [-0.3, -0.25) is 9.89 Å². The number of carbonyl (C=O) groups is 1. The number of aromatic amines is 1. The molecular weight excluding hydrogens is 326 g/mol. The number of benzene rings is 1. The number of piperidine rings is 1. The highest BCUT2D eigenvalue weighted by atomic mass is 16.2. The Balaban J connectivity index is 1.40. The van der Waals surface area contributed by atoms with E-state index in [-0.39, 0.29) is 11.3 Å². The molecule has 2 aromatic heterocycles. The number of carbonyl (C=O) groups excluding carboxylic acids is 1. The zero-order chi connectivity index (χ0) is 17.7. The molecule has 5 rings (SSSR count). The van der Waals surface area contributed by atoms with E-state index in [1.54, 1.807) is 0 Å². The van der Waals surface area contributed by atoms with Crippen LogP contribution in [0.5, 0.6) is 0 Å². The van der Waals surface area contributed by atoms with Crippen LogP contribution in [0.4, 0.5) is 0 Å². The van der Waals surface area contributed by atoms with Crippen LogP contribution in [0.2, 0.25) is 0 Å². The number of rotatable bonds is 2. The van der Waals surface area contributed by atoms with Crippen LogP contribution in [-0.2, 0) is 23.2 Å². The van der Waals surface area contributed by atoms with Gasteiger partial charge in [-0.2, -0.15) is 5.10 Å². The van der Waals surface area contributed by atoms with Gasteiger partial charge in [0.25, 0.3) is 0 Å². The summed E-state index contributed by atoms with van der Waals surface area (Å²) in [5.41, 5.74) is 4.65. The second kappa shape index (κ2) is 5.69. The first-order valence-corrected chi connectivity index (χ1v) is 9.39. The Labute approximate surface area is 152 Å². The SMILES string of the molecule is Cc1nc2ccccc2n1CC(=O)N1CCCC2(CCc3cn[nH]c32)C1. The molecule has 6 heteroatoms. The lowest BCUT2D eigenvalue weighted by Crippen LogP contribution is -2.48. The first-order valence-electron chi connectivity index (χ1n) is 9.39. The van der Waals surface area contributed by atoms with Crippen molar-refractivity contribution in [2.45, 2.75) is 44.6 Å². The van der Waals surface area contributed by atoms with Crippen molar-refractivity contribution in [3.05, 3.63) is 47.5 Å². The van der Waals surface area contributed by atoms with Crippen molar-refractivity contribution >= 4 is 16.9 Å². The highest BCUT2D eigenvalue weighted by Crippen LogP contribution is 2.43. The molecule has 1 aliphatic carbocycles. The molecule has 1 aliphatic heterocycles. The predicted octanol–water partition coefficient (Wildman–Crippen LogP) is 2.57. The molecule has 134 valence electrons. The van der Waals surface area contributed by atoms with Crippen molar-refractivity contribution in [2.24, 2.45) is 0 Å². The molecule has 0 bridgehead atoms. The zero-order valence-electron chi connectivity index (χ0n) is 15.0. The fourth-order valence-corrected chi connectivity index (χ4v) is 4.84. The van der Waals surface area contributed by atoms with Crippen LogP contribution in [0.25, 0.3) is 11.0 Å². The number of amides is 1. The maximum absolute atomic E-state index is 13.1. The Morgan fingerprint density at radius 1 is 1.31 bits per heavy atom. The number of imidazole rings is 1. The third-order valence-electron chi connectivity index (χ3n) is 6.19. The molecule has 1 aromatic carbocycles. The van der Waals surface area contributed by atoms with E-state index < -0.39 is 0 Å². The lowest BCUT2D eigenvalue weighted by Gasteiger charge is -2.40. The molecule has 1 unspecified atom stereocenters. The minimum Gasteiger partial charge on any atom is -0.340 e. The highest BCUT2D eigenvalue weighted by molar-refractivity contribution is 5.81. The molecule has 3 heterocycles. The fourth-order valence-electron chi connectivity index (χ4n) is 4.84. The largest absolute Gasteiger partial charge is 0.340 e. The number of aryl methyl sites for hydroxylation is 2. The molecule has 1 N–H and O–H groups in total. The van der Waals surface area contributed by atoms with Crippen molar-refractivity contribution < 1.29 is 4.79 Å². The summed E-state index contributed by atoms with van der Waals surface area (Å²) in [7, 11) is 0. The van der Waals surface area contributed by atoms with Crippen LogP contribution in [0.1, 0.15) is 36.3 Å². The van der Waals surface area contributed by atoms with Crippen molar-refractivity contribution in [3.63, 3.8) is 0 Å². The van der Waals surface area contributed by atoms with Crippen LogP contribution in [0.3, 0.4) is 0 Å². The Morgan fingerprint density at radius 3 is 3.12 bits per heavy atom. The predicted molar refractivity (Wildman–Crippen MR) is 98.9 cm³/mol. The number of hydrogen-bond donors (Lipinski definition) is 1. The summed E-state index contributed by atoms with van der Waals surface area (Å²) in [5, 5.41) is 7.44. The van der Waals surface area contributed by atoms with Crippen LogP contribution < -0.4 is 0 Å². The Bertz CT molecular complexity index is 987. The minimum atomic E-state index is 0.0752. The van der Waals surface area contributed by atoms with Gasteiger partial charge < -0.3 is 9.47 Å². The fraction of sp³-hybridized carbons (Fsp3) is 0.450. The molecule has 1 fully saturated rings. The van der Waals surface area contributed by atoms with Crippen molar-refractivity contribution in [3.8, 4) is 0 Å². The Hall–Kier alpha value is -2.63. The third kappa shape index (κ3) is 2.28. The van der Waals surface area contributed by atoms with Gasteiger partial charge in [0, 0.05) is 24.2 Å². The van der Waals surface area contributed by atoms with Crippen molar-refractivity contribution in [1.82, 2.24) is 24.6 Å². The number of likely N-dealkylation sites (tertiary alicyclic amines) is 1. The van der Waals surface area contributed by atoms with Gasteiger partial charge in [-0.1, -0.05) is 12.1 Å². The number of nitrogens with one attached hydrogen (secondary N) is 1. The highest BCUT2D eigenvalue weighted by Gasteiger charge is 2.44. The summed E-state index contributed by atoms with van der Waals surface area (Å²) in [6.45, 7) is 3.97. The van der Waals surface area contributed by atoms with Gasteiger partial charge in [-0.05, 0) is 50.3 Å². The van der Waals surface area contributed by atoms with E-state index in [0.29, 0.717) is 6.54 Å². The summed E-state index contributed by atoms with van der Waals surface area (Å²) >= 11 is 0. The molecule has 1 amide bonds. The average Bonchev–Trinajstić information content (AvgIpc) is 3.33. The summed E-state index contributed by atoms with van der Waals surface area (Å²) in [4.78, 5) is 19.7. The standard InChI is InChI=1S/C20H23N5O/c1-14-22-16-5-2-3-6-17(16)25(14)12-18(26)24-10-4-8-20(13-24)9-7-15-11-21-23-19(15)20/h2-3,5-6,11H,4,7-10,12-13H2,1H3,(H,21,23). The first kappa shape index (κ1) is 15.6. The Kier molecular flexibility index (Phi) is 3.42. The van der Waals surface area contributed by atoms with Gasteiger partial charge in [-0.25, -0.2) is 4.98 Å². The molecule has 1 saturated heterocycles. The maximum Gasteiger partial charge on any atom is 0.242 e. The minimum absolute atomic E-state index is 0.0752. The third-order valence-corrected chi connectivity index (χ3v) is 6.19. The van der Waals surface area contributed by atoms with E-state index in [1.165, 1.54) is 11.3 Å². The first-order chi connectivity index (χ1) is 12.7. The normalized spacial score (nSPS) is 22.3. The van der Waals surface area contributed by atoms with Crippen LogP contribution >= 0.6 is 0 Å². The number of para-hydroxylation sites is 2. The molecule has 1 spiro atoms. The summed E-state index contributed by atoms with van der Waals surface area (Å²) in [6.07, 6.45) is 6.32. The van der Waals surface area contributed by atoms with E-state index in [0.717, 1.165) is 55.6 Å². The molecule has 6 nitrogen and oxygen atoms in total. The molecule has 3 aromatic rings. The molecule has 0 radical (unpaired) electrons. The second-order valence-corrected chi connectivity index (χ2v) is 7.70. The van der Waals surface area contributed by atoms with Crippen molar-refractivity contribution in [2.75, 3.05) is 13.1 Å². The van der Waals surface area contributed by atoms with E-state index in [2.05, 4.69) is 15.2 Å². The van der Waals surface area contributed by atoms with Gasteiger partial charge in [0.05, 0.1) is 17.2 Å². The molecular formula is C20H23N5O. The van der Waals surface area contributed by atoms with E-state index >= 15 is 0 Å². The summed E-state index contributed by atoms with van der Waals surface area (Å²) < 4.78 is 2.04. The van der Waals surface area contributed by atoms with Gasteiger partial charge in [-0.15, -0.1) is 0 Å². The number of fused-ring (bicyclic) bond motifs is 3. The average molecular weight is 349 g/mol. The Morgan fingerprint density at radius 2 is 2.19 bits per heavy atom. The number of nitrogens with zero attached hydrogens (tertiary/aromatic N) is 4. The lowest BCUT2D eigenvalue weighted by atomic mass is 9.77. The molecule has 2 aliphatic rings. The molecule has 1 atom stereocenters. The monoisotopic (exact) mass is 349 g/mol. The van der Waals surface area contributed by atoms with E-state index in [4.69, 9.17) is 0 Å². The zero-order valence-corrected chi connectivity index (χ0v) is 15.0. The summed E-state index contributed by atoms with van der Waals surface area (Å²) in [6, 6.07) is 8.02. The van der Waals surface area contributed by atoms with Crippen LogP contribution in [0, 0.1) is 6.92 Å². The molecule has 26 heavy (non-hydrogen) atoms. The lowest BCUT2D eigenvalue weighted by molar-refractivity contribution is -0.134. The topological polar surface area (TPSA) is 66.8 Å². The van der Waals surface area contributed by atoms with Gasteiger partial charge in [0.2, 0.25) is 5.91 Å². The number of aromatic nitrogens is 4. The number of H-pyrrole nitrogens is 1. The second-order valence-electron chi connectivity index (χ2n) is 7.70. The smallest absolute Gasteiger partial charge is 0.242 e.